The molecule has 8 nitrogen and oxygen atoms in total. The van der Waals surface area contributed by atoms with E-state index in [9.17, 15) is 14.4 Å². The fourth-order valence-electron chi connectivity index (χ4n) is 2.02. The van der Waals surface area contributed by atoms with E-state index in [-0.39, 0.29) is 17.7 Å². The molecule has 2 aromatic carbocycles. The maximum atomic E-state index is 12.0. The van der Waals surface area contributed by atoms with Crippen LogP contribution in [0.15, 0.2) is 48.5 Å². The third-order valence-electron chi connectivity index (χ3n) is 3.29. The van der Waals surface area contributed by atoms with E-state index in [2.05, 4.69) is 15.6 Å². The third-order valence-corrected chi connectivity index (χ3v) is 3.29. The van der Waals surface area contributed by atoms with Crippen molar-refractivity contribution in [3.05, 3.63) is 59.7 Å². The summed E-state index contributed by atoms with van der Waals surface area (Å²) in [6, 6.07) is 12.8. The number of benzene rings is 2. The molecule has 0 aromatic heterocycles. The summed E-state index contributed by atoms with van der Waals surface area (Å²) in [5, 5.41) is 0. The van der Waals surface area contributed by atoms with E-state index in [0.717, 1.165) is 0 Å². The van der Waals surface area contributed by atoms with E-state index < -0.39 is 17.8 Å². The second-order valence-corrected chi connectivity index (χ2v) is 5.01. The first-order valence-corrected chi connectivity index (χ1v) is 7.58. The lowest BCUT2D eigenvalue weighted by Gasteiger charge is -2.11. The standard InChI is InChI=1S/C18H18N2O6/c1-24-14-8-3-4-9-15(14)26-11-16(21)19-20-17(22)12-6-5-7-13(10-12)18(23)25-2/h3-10H,11H2,1-2H3,(H,19,21)(H,20,22). The Morgan fingerprint density at radius 1 is 0.885 bits per heavy atom. The van der Waals surface area contributed by atoms with Gasteiger partial charge in [-0.1, -0.05) is 18.2 Å². The number of carbonyl (C=O) groups excluding carboxylic acids is 3. The highest BCUT2D eigenvalue weighted by Gasteiger charge is 2.12. The summed E-state index contributed by atoms with van der Waals surface area (Å²) in [5.41, 5.74) is 4.90. The highest BCUT2D eigenvalue weighted by Crippen LogP contribution is 2.25. The summed E-state index contributed by atoms with van der Waals surface area (Å²) in [6.45, 7) is -0.317. The molecule has 0 bridgehead atoms. The van der Waals surface area contributed by atoms with Crippen molar-refractivity contribution < 1.29 is 28.6 Å². The van der Waals surface area contributed by atoms with Gasteiger partial charge in [0.05, 0.1) is 19.8 Å². The van der Waals surface area contributed by atoms with Crippen LogP contribution >= 0.6 is 0 Å². The van der Waals surface area contributed by atoms with Crippen LogP contribution in [0.2, 0.25) is 0 Å². The van der Waals surface area contributed by atoms with E-state index in [0.29, 0.717) is 11.5 Å². The molecule has 2 amide bonds. The van der Waals surface area contributed by atoms with Crippen molar-refractivity contribution in [1.29, 1.82) is 0 Å². The molecule has 2 rings (SSSR count). The lowest BCUT2D eigenvalue weighted by molar-refractivity contribution is -0.123. The van der Waals surface area contributed by atoms with Crippen molar-refractivity contribution in [2.75, 3.05) is 20.8 Å². The number of rotatable bonds is 6. The molecule has 0 aliphatic rings. The molecule has 136 valence electrons. The molecule has 0 aliphatic carbocycles. The number of methoxy groups -OCH3 is 2. The molecule has 0 saturated heterocycles. The van der Waals surface area contributed by atoms with Gasteiger partial charge in [-0.25, -0.2) is 4.79 Å². The van der Waals surface area contributed by atoms with Crippen LogP contribution in [0.1, 0.15) is 20.7 Å². The number of carbonyl (C=O) groups is 3. The van der Waals surface area contributed by atoms with E-state index >= 15 is 0 Å². The second-order valence-electron chi connectivity index (χ2n) is 5.01. The average Bonchev–Trinajstić information content (AvgIpc) is 2.70. The Bertz CT molecular complexity index is 806. The highest BCUT2D eigenvalue weighted by atomic mass is 16.5. The van der Waals surface area contributed by atoms with Crippen molar-refractivity contribution >= 4 is 17.8 Å². The molecule has 0 atom stereocenters. The van der Waals surface area contributed by atoms with Crippen LogP contribution < -0.4 is 20.3 Å². The van der Waals surface area contributed by atoms with Crippen LogP contribution in [-0.4, -0.2) is 38.6 Å². The number of hydrogen-bond acceptors (Lipinski definition) is 6. The van der Waals surface area contributed by atoms with Gasteiger partial charge in [0.15, 0.2) is 18.1 Å². The predicted molar refractivity (Wildman–Crippen MR) is 91.9 cm³/mol. The van der Waals surface area contributed by atoms with Crippen molar-refractivity contribution in [1.82, 2.24) is 10.9 Å². The van der Waals surface area contributed by atoms with E-state index in [1.807, 2.05) is 0 Å². The quantitative estimate of drug-likeness (QED) is 0.596. The molecule has 0 saturated carbocycles. The minimum atomic E-state index is -0.582. The maximum Gasteiger partial charge on any atom is 0.337 e. The Morgan fingerprint density at radius 3 is 2.27 bits per heavy atom. The number of amides is 2. The van der Waals surface area contributed by atoms with Crippen LogP contribution in [0.4, 0.5) is 0 Å². The topological polar surface area (TPSA) is 103 Å². The Hall–Kier alpha value is -3.55. The predicted octanol–water partition coefficient (Wildman–Crippen LogP) is 1.32. The number of ether oxygens (including phenoxy) is 3. The summed E-state index contributed by atoms with van der Waals surface area (Å²) in [5.74, 6) is -0.810. The maximum absolute atomic E-state index is 12.0. The number of esters is 1. The zero-order valence-corrected chi connectivity index (χ0v) is 14.3. The Kier molecular flexibility index (Phi) is 6.55. The molecule has 0 unspecified atom stereocenters. The van der Waals surface area contributed by atoms with Crippen molar-refractivity contribution in [2.24, 2.45) is 0 Å². The van der Waals surface area contributed by atoms with Gasteiger partial charge in [0.1, 0.15) is 0 Å². The summed E-state index contributed by atoms with van der Waals surface area (Å²) in [4.78, 5) is 35.3. The molecule has 0 fully saturated rings. The van der Waals surface area contributed by atoms with Gasteiger partial charge in [-0.15, -0.1) is 0 Å². The molecule has 2 aromatic rings. The number of para-hydroxylation sites is 2. The zero-order chi connectivity index (χ0) is 18.9. The van der Waals surface area contributed by atoms with Gasteiger partial charge >= 0.3 is 5.97 Å². The smallest absolute Gasteiger partial charge is 0.337 e. The first-order chi connectivity index (χ1) is 12.5. The summed E-state index contributed by atoms with van der Waals surface area (Å²) in [6.07, 6.45) is 0. The van der Waals surface area contributed by atoms with E-state index in [4.69, 9.17) is 9.47 Å². The van der Waals surface area contributed by atoms with Crippen molar-refractivity contribution in [3.63, 3.8) is 0 Å². The number of hydrazine groups is 1. The van der Waals surface area contributed by atoms with Gasteiger partial charge in [0.25, 0.3) is 11.8 Å². The summed E-state index contributed by atoms with van der Waals surface area (Å²) < 4.78 is 15.0. The Morgan fingerprint density at radius 2 is 1.58 bits per heavy atom. The Balaban J connectivity index is 1.87. The van der Waals surface area contributed by atoms with Crippen LogP contribution in [0, 0.1) is 0 Å². The molecule has 0 aliphatic heterocycles. The molecule has 2 N–H and O–H groups in total. The third kappa shape index (κ3) is 4.97. The van der Waals surface area contributed by atoms with Gasteiger partial charge < -0.3 is 14.2 Å². The molecule has 26 heavy (non-hydrogen) atoms. The minimum Gasteiger partial charge on any atom is -0.493 e. The number of nitrogens with one attached hydrogen (secondary N) is 2. The molecular weight excluding hydrogens is 340 g/mol. The lowest BCUT2D eigenvalue weighted by Crippen LogP contribution is -2.43. The Labute approximate surface area is 150 Å². The normalized spacial score (nSPS) is 9.77. The zero-order valence-electron chi connectivity index (χ0n) is 14.3. The lowest BCUT2D eigenvalue weighted by atomic mass is 10.1. The monoisotopic (exact) mass is 358 g/mol. The molecule has 0 radical (unpaired) electrons. The van der Waals surface area contributed by atoms with Gasteiger partial charge in [0.2, 0.25) is 0 Å². The van der Waals surface area contributed by atoms with Crippen LogP contribution in [0.3, 0.4) is 0 Å². The van der Waals surface area contributed by atoms with Crippen molar-refractivity contribution in [2.45, 2.75) is 0 Å². The average molecular weight is 358 g/mol. The molecular formula is C18H18N2O6. The summed E-state index contributed by atoms with van der Waals surface area (Å²) >= 11 is 0. The first kappa shape index (κ1) is 18.8. The SMILES string of the molecule is COC(=O)c1cccc(C(=O)NNC(=O)COc2ccccc2OC)c1. The molecule has 8 heteroatoms. The van der Waals surface area contributed by atoms with Gasteiger partial charge in [-0.3, -0.25) is 20.4 Å². The fraction of sp³-hybridized carbons (Fsp3) is 0.167. The van der Waals surface area contributed by atoms with Crippen LogP contribution in [0.25, 0.3) is 0 Å². The van der Waals surface area contributed by atoms with Gasteiger partial charge in [-0.05, 0) is 30.3 Å². The fourth-order valence-corrected chi connectivity index (χ4v) is 2.02. The minimum absolute atomic E-state index is 0.193. The van der Waals surface area contributed by atoms with E-state index in [1.54, 1.807) is 24.3 Å². The van der Waals surface area contributed by atoms with Gasteiger partial charge in [-0.2, -0.15) is 0 Å². The first-order valence-electron chi connectivity index (χ1n) is 7.58. The van der Waals surface area contributed by atoms with Crippen LogP contribution in [0.5, 0.6) is 11.5 Å². The largest absolute Gasteiger partial charge is 0.493 e. The van der Waals surface area contributed by atoms with Crippen molar-refractivity contribution in [3.8, 4) is 11.5 Å². The molecule has 0 spiro atoms. The summed E-state index contributed by atoms with van der Waals surface area (Å²) in [7, 11) is 2.74. The molecule has 0 heterocycles. The van der Waals surface area contributed by atoms with E-state index in [1.165, 1.54) is 38.5 Å². The number of hydrogen-bond donors (Lipinski definition) is 2. The van der Waals surface area contributed by atoms with Gasteiger partial charge in [0, 0.05) is 5.56 Å². The highest BCUT2D eigenvalue weighted by molar-refractivity contribution is 5.98. The van der Waals surface area contributed by atoms with Crippen LogP contribution in [-0.2, 0) is 9.53 Å². The second kappa shape index (κ2) is 9.07.